The first-order valence-corrected chi connectivity index (χ1v) is 5.01. The lowest BCUT2D eigenvalue weighted by Gasteiger charge is -2.49. The van der Waals surface area contributed by atoms with Crippen LogP contribution in [0.15, 0.2) is 0 Å². The summed E-state index contributed by atoms with van der Waals surface area (Å²) in [5.74, 6) is 6.29. The highest BCUT2D eigenvalue weighted by atomic mass is 16.5. The topological polar surface area (TPSA) is 50.5 Å². The predicted molar refractivity (Wildman–Crippen MR) is 51.1 cm³/mol. The van der Waals surface area contributed by atoms with Crippen molar-refractivity contribution in [2.45, 2.75) is 18.4 Å². The van der Waals surface area contributed by atoms with Crippen molar-refractivity contribution in [1.29, 1.82) is 0 Å². The molecule has 0 spiro atoms. The third-order valence-corrected chi connectivity index (χ3v) is 3.51. The van der Waals surface area contributed by atoms with Crippen LogP contribution in [0.2, 0.25) is 0 Å². The van der Waals surface area contributed by atoms with Gasteiger partial charge in [0.1, 0.15) is 0 Å². The van der Waals surface area contributed by atoms with E-state index >= 15 is 0 Å². The number of ether oxygens (including phenoxy) is 1. The Kier molecular flexibility index (Phi) is 2.55. The Morgan fingerprint density at radius 1 is 1.38 bits per heavy atom. The fourth-order valence-electron chi connectivity index (χ4n) is 2.32. The number of hydrazine groups is 1. The van der Waals surface area contributed by atoms with Crippen LogP contribution in [-0.4, -0.2) is 43.8 Å². The van der Waals surface area contributed by atoms with Gasteiger partial charge in [0.15, 0.2) is 0 Å². The average molecular weight is 185 g/mol. The molecule has 0 amide bonds. The van der Waals surface area contributed by atoms with Gasteiger partial charge in [-0.05, 0) is 38.9 Å². The van der Waals surface area contributed by atoms with E-state index < -0.39 is 0 Å². The molecule has 0 aromatic heterocycles. The van der Waals surface area contributed by atoms with Gasteiger partial charge >= 0.3 is 0 Å². The van der Waals surface area contributed by atoms with Gasteiger partial charge in [-0.1, -0.05) is 0 Å². The minimum atomic E-state index is 0.0985. The zero-order valence-electron chi connectivity index (χ0n) is 8.25. The Hall–Kier alpha value is -0.160. The second-order valence-electron chi connectivity index (χ2n) is 4.37. The lowest BCUT2D eigenvalue weighted by molar-refractivity contribution is -0.114. The first kappa shape index (κ1) is 9.40. The third-order valence-electron chi connectivity index (χ3n) is 3.51. The highest BCUT2D eigenvalue weighted by molar-refractivity contribution is 4.99. The maximum Gasteiger partial charge on any atom is 0.0815 e. The SMILES string of the molecule is CN1CCC(C2(NN)COC2)CC1. The van der Waals surface area contributed by atoms with Crippen molar-refractivity contribution in [2.75, 3.05) is 33.4 Å². The van der Waals surface area contributed by atoms with E-state index in [2.05, 4.69) is 17.4 Å². The quantitative estimate of drug-likeness (QED) is 0.452. The van der Waals surface area contributed by atoms with E-state index in [0.29, 0.717) is 5.92 Å². The lowest BCUT2D eigenvalue weighted by atomic mass is 9.77. The van der Waals surface area contributed by atoms with Crippen LogP contribution in [0.5, 0.6) is 0 Å². The second kappa shape index (κ2) is 3.53. The lowest BCUT2D eigenvalue weighted by Crippen LogP contribution is -2.68. The largest absolute Gasteiger partial charge is 0.377 e. The number of nitrogens with one attached hydrogen (secondary N) is 1. The van der Waals surface area contributed by atoms with Crippen LogP contribution in [0, 0.1) is 5.92 Å². The van der Waals surface area contributed by atoms with E-state index in [9.17, 15) is 0 Å². The maximum absolute atomic E-state index is 5.59. The average Bonchev–Trinajstić information content (AvgIpc) is 2.07. The van der Waals surface area contributed by atoms with Gasteiger partial charge in [-0.2, -0.15) is 0 Å². The Morgan fingerprint density at radius 2 is 2.00 bits per heavy atom. The number of hydrogen-bond donors (Lipinski definition) is 2. The van der Waals surface area contributed by atoms with E-state index in [1.165, 1.54) is 25.9 Å². The number of nitrogens with zero attached hydrogens (tertiary/aromatic N) is 1. The summed E-state index contributed by atoms with van der Waals surface area (Å²) < 4.78 is 5.25. The van der Waals surface area contributed by atoms with Crippen LogP contribution >= 0.6 is 0 Å². The molecule has 2 saturated heterocycles. The van der Waals surface area contributed by atoms with Gasteiger partial charge in [-0.15, -0.1) is 0 Å². The molecule has 0 aromatic carbocycles. The summed E-state index contributed by atoms with van der Waals surface area (Å²) in [5.41, 5.74) is 3.05. The van der Waals surface area contributed by atoms with Crippen molar-refractivity contribution >= 4 is 0 Å². The highest BCUT2D eigenvalue weighted by Gasteiger charge is 2.45. The van der Waals surface area contributed by atoms with Crippen LogP contribution in [0.25, 0.3) is 0 Å². The molecule has 0 aliphatic carbocycles. The number of rotatable bonds is 2. The summed E-state index contributed by atoms with van der Waals surface area (Å²) in [6, 6.07) is 0. The molecule has 2 aliphatic heterocycles. The van der Waals surface area contributed by atoms with Crippen molar-refractivity contribution in [2.24, 2.45) is 11.8 Å². The van der Waals surface area contributed by atoms with E-state index in [1.807, 2.05) is 0 Å². The molecule has 0 bridgehead atoms. The number of nitrogens with two attached hydrogens (primary N) is 1. The Balaban J connectivity index is 1.92. The summed E-state index contributed by atoms with van der Waals surface area (Å²) >= 11 is 0. The highest BCUT2D eigenvalue weighted by Crippen LogP contribution is 2.32. The van der Waals surface area contributed by atoms with Crippen molar-refractivity contribution in [3.63, 3.8) is 0 Å². The molecule has 13 heavy (non-hydrogen) atoms. The van der Waals surface area contributed by atoms with Crippen LogP contribution < -0.4 is 11.3 Å². The first-order valence-electron chi connectivity index (χ1n) is 5.01. The van der Waals surface area contributed by atoms with E-state index in [-0.39, 0.29) is 5.54 Å². The molecule has 76 valence electrons. The van der Waals surface area contributed by atoms with Crippen molar-refractivity contribution in [3.8, 4) is 0 Å². The van der Waals surface area contributed by atoms with Gasteiger partial charge in [-0.25, -0.2) is 5.43 Å². The van der Waals surface area contributed by atoms with Gasteiger partial charge in [0.2, 0.25) is 0 Å². The fraction of sp³-hybridized carbons (Fsp3) is 1.00. The molecule has 4 nitrogen and oxygen atoms in total. The Morgan fingerprint density at radius 3 is 2.38 bits per heavy atom. The van der Waals surface area contributed by atoms with E-state index in [0.717, 1.165) is 13.2 Å². The third kappa shape index (κ3) is 1.59. The number of likely N-dealkylation sites (tertiary alicyclic amines) is 1. The predicted octanol–water partition coefficient (Wildman–Crippen LogP) is -0.439. The van der Waals surface area contributed by atoms with Gasteiger partial charge in [0.05, 0.1) is 18.8 Å². The van der Waals surface area contributed by atoms with Crippen LogP contribution in [0.1, 0.15) is 12.8 Å². The molecule has 0 unspecified atom stereocenters. The normalized spacial score (nSPS) is 30.0. The molecule has 2 fully saturated rings. The molecule has 2 aliphatic rings. The van der Waals surface area contributed by atoms with Crippen molar-refractivity contribution < 1.29 is 4.74 Å². The fourth-order valence-corrected chi connectivity index (χ4v) is 2.32. The zero-order chi connectivity index (χ0) is 9.31. The molecule has 4 heteroatoms. The molecule has 0 aromatic rings. The maximum atomic E-state index is 5.59. The molecule has 0 atom stereocenters. The number of hydrogen-bond acceptors (Lipinski definition) is 4. The molecule has 0 saturated carbocycles. The monoisotopic (exact) mass is 185 g/mol. The molecule has 0 radical (unpaired) electrons. The number of piperidine rings is 1. The van der Waals surface area contributed by atoms with Crippen LogP contribution in [-0.2, 0) is 4.74 Å². The summed E-state index contributed by atoms with van der Waals surface area (Å²) in [5, 5.41) is 0. The van der Waals surface area contributed by atoms with Crippen molar-refractivity contribution in [3.05, 3.63) is 0 Å². The zero-order valence-corrected chi connectivity index (χ0v) is 8.25. The van der Waals surface area contributed by atoms with E-state index in [4.69, 9.17) is 10.6 Å². The molecule has 2 heterocycles. The van der Waals surface area contributed by atoms with Crippen LogP contribution in [0.4, 0.5) is 0 Å². The summed E-state index contributed by atoms with van der Waals surface area (Å²) in [6.45, 7) is 3.96. The second-order valence-corrected chi connectivity index (χ2v) is 4.37. The molecule has 3 N–H and O–H groups in total. The van der Waals surface area contributed by atoms with Gasteiger partial charge in [0.25, 0.3) is 0 Å². The standard InChI is InChI=1S/C9H19N3O/c1-12-4-2-8(3-5-12)9(11-10)6-13-7-9/h8,11H,2-7,10H2,1H3. The van der Waals surface area contributed by atoms with Gasteiger partial charge in [0, 0.05) is 0 Å². The van der Waals surface area contributed by atoms with Crippen molar-refractivity contribution in [1.82, 2.24) is 10.3 Å². The minimum Gasteiger partial charge on any atom is -0.377 e. The Bertz CT molecular complexity index is 168. The summed E-state index contributed by atoms with van der Waals surface area (Å²) in [4.78, 5) is 2.38. The van der Waals surface area contributed by atoms with E-state index in [1.54, 1.807) is 0 Å². The van der Waals surface area contributed by atoms with Crippen LogP contribution in [0.3, 0.4) is 0 Å². The first-order chi connectivity index (χ1) is 6.27. The summed E-state index contributed by atoms with van der Waals surface area (Å²) in [6.07, 6.45) is 2.48. The molecular formula is C9H19N3O. The minimum absolute atomic E-state index is 0.0985. The summed E-state index contributed by atoms with van der Waals surface area (Å²) in [7, 11) is 2.18. The molecular weight excluding hydrogens is 166 g/mol. The smallest absolute Gasteiger partial charge is 0.0815 e. The molecule has 2 rings (SSSR count). The van der Waals surface area contributed by atoms with Gasteiger partial charge < -0.3 is 9.64 Å². The van der Waals surface area contributed by atoms with Gasteiger partial charge in [-0.3, -0.25) is 5.84 Å². The Labute approximate surface area is 79.4 Å².